The Kier molecular flexibility index (Phi) is 4.67. The van der Waals surface area contributed by atoms with Crippen LogP contribution in [0.5, 0.6) is 0 Å². The zero-order valence-electron chi connectivity index (χ0n) is 13.9. The fourth-order valence-electron chi connectivity index (χ4n) is 2.93. The minimum absolute atomic E-state index is 0.192. The number of amides is 1. The zero-order chi connectivity index (χ0) is 17.2. The molecular weight excluding hydrogens is 352 g/mol. The van der Waals surface area contributed by atoms with Crippen LogP contribution in [0, 0.1) is 6.92 Å². The van der Waals surface area contributed by atoms with Crippen LogP contribution in [0.15, 0.2) is 35.6 Å². The monoisotopic (exact) mass is 370 g/mol. The van der Waals surface area contributed by atoms with Crippen LogP contribution in [0.25, 0.3) is 21.5 Å². The van der Waals surface area contributed by atoms with Crippen molar-refractivity contribution in [1.82, 2.24) is 19.2 Å². The predicted octanol–water partition coefficient (Wildman–Crippen LogP) is 3.78. The predicted molar refractivity (Wildman–Crippen MR) is 102 cm³/mol. The van der Waals surface area contributed by atoms with E-state index in [0.29, 0.717) is 5.75 Å². The molecule has 25 heavy (non-hydrogen) atoms. The summed E-state index contributed by atoms with van der Waals surface area (Å²) in [6.45, 7) is 3.84. The first kappa shape index (κ1) is 16.5. The minimum atomic E-state index is 0.192. The molecule has 1 aromatic carbocycles. The van der Waals surface area contributed by atoms with E-state index in [2.05, 4.69) is 45.5 Å². The average Bonchev–Trinajstić information content (AvgIpc) is 3.30. The van der Waals surface area contributed by atoms with Crippen molar-refractivity contribution in [2.24, 2.45) is 0 Å². The van der Waals surface area contributed by atoms with Gasteiger partial charge in [-0.15, -0.1) is 0 Å². The topological polar surface area (TPSA) is 59.0 Å². The standard InChI is InChI=1S/C18H18N4OS2/c1-12-4-6-13(7-5-12)15-16-17(25-21-15)18(20-11-19-16)24-10-14(23)22-8-2-3-9-22/h4-7,11H,2-3,8-10H2,1H3. The number of likely N-dealkylation sites (tertiary alicyclic amines) is 1. The van der Waals surface area contributed by atoms with Gasteiger partial charge in [0.25, 0.3) is 0 Å². The van der Waals surface area contributed by atoms with Gasteiger partial charge in [0.05, 0.1) is 5.75 Å². The first-order valence-corrected chi connectivity index (χ1v) is 10.1. The fourth-order valence-corrected chi connectivity index (χ4v) is 4.76. The number of hydrogen-bond acceptors (Lipinski definition) is 6. The van der Waals surface area contributed by atoms with Crippen LogP contribution >= 0.6 is 23.3 Å². The van der Waals surface area contributed by atoms with Crippen molar-refractivity contribution in [3.8, 4) is 11.3 Å². The quantitative estimate of drug-likeness (QED) is 0.517. The van der Waals surface area contributed by atoms with Gasteiger partial charge < -0.3 is 4.90 Å². The maximum atomic E-state index is 12.3. The van der Waals surface area contributed by atoms with Gasteiger partial charge in [-0.3, -0.25) is 4.79 Å². The van der Waals surface area contributed by atoms with E-state index >= 15 is 0 Å². The Morgan fingerprint density at radius 1 is 1.20 bits per heavy atom. The molecule has 1 fully saturated rings. The second-order valence-corrected chi connectivity index (χ2v) is 7.87. The number of aryl methyl sites for hydroxylation is 1. The third-order valence-electron chi connectivity index (χ3n) is 4.34. The molecule has 0 unspecified atom stereocenters. The molecule has 128 valence electrons. The van der Waals surface area contributed by atoms with Crippen LogP contribution in [0.3, 0.4) is 0 Å². The largest absolute Gasteiger partial charge is 0.342 e. The summed E-state index contributed by atoms with van der Waals surface area (Å²) in [5, 5.41) is 0.841. The number of rotatable bonds is 4. The highest BCUT2D eigenvalue weighted by Gasteiger charge is 2.20. The third-order valence-corrected chi connectivity index (χ3v) is 6.29. The van der Waals surface area contributed by atoms with Crippen molar-refractivity contribution in [1.29, 1.82) is 0 Å². The molecule has 3 heterocycles. The highest BCUT2D eigenvalue weighted by Crippen LogP contribution is 2.34. The van der Waals surface area contributed by atoms with Crippen LogP contribution in [0.1, 0.15) is 18.4 Å². The molecule has 1 aliphatic rings. The molecule has 3 aromatic rings. The van der Waals surface area contributed by atoms with E-state index in [-0.39, 0.29) is 5.91 Å². The number of hydrogen-bond donors (Lipinski definition) is 0. The number of thioether (sulfide) groups is 1. The van der Waals surface area contributed by atoms with Crippen LogP contribution < -0.4 is 0 Å². The molecule has 0 saturated carbocycles. The lowest BCUT2D eigenvalue weighted by molar-refractivity contribution is -0.127. The normalized spacial score (nSPS) is 14.4. The zero-order valence-corrected chi connectivity index (χ0v) is 15.6. The summed E-state index contributed by atoms with van der Waals surface area (Å²) in [5.74, 6) is 0.613. The average molecular weight is 371 g/mol. The molecule has 0 radical (unpaired) electrons. The van der Waals surface area contributed by atoms with Crippen LogP contribution in [0.2, 0.25) is 0 Å². The molecule has 1 amide bonds. The fraction of sp³-hybridized carbons (Fsp3) is 0.333. The number of carbonyl (C=O) groups is 1. The molecule has 1 aliphatic heterocycles. The van der Waals surface area contributed by atoms with Crippen LogP contribution in [-0.4, -0.2) is 44.0 Å². The lowest BCUT2D eigenvalue weighted by Gasteiger charge is -2.14. The Morgan fingerprint density at radius 3 is 2.72 bits per heavy atom. The molecule has 0 aliphatic carbocycles. The summed E-state index contributed by atoms with van der Waals surface area (Å²) < 4.78 is 5.55. The van der Waals surface area contributed by atoms with Crippen molar-refractivity contribution in [2.45, 2.75) is 24.8 Å². The first-order chi connectivity index (χ1) is 12.2. The molecule has 0 bridgehead atoms. The summed E-state index contributed by atoms with van der Waals surface area (Å²) in [4.78, 5) is 23.0. The Balaban J connectivity index is 1.58. The van der Waals surface area contributed by atoms with Gasteiger partial charge in [-0.25, -0.2) is 9.97 Å². The summed E-state index contributed by atoms with van der Waals surface area (Å²) in [6.07, 6.45) is 3.79. The molecule has 5 nitrogen and oxygen atoms in total. The van der Waals surface area contributed by atoms with E-state index in [4.69, 9.17) is 0 Å². The lowest BCUT2D eigenvalue weighted by atomic mass is 10.1. The van der Waals surface area contributed by atoms with E-state index in [1.807, 2.05) is 4.90 Å². The lowest BCUT2D eigenvalue weighted by Crippen LogP contribution is -2.29. The van der Waals surface area contributed by atoms with E-state index in [0.717, 1.165) is 52.4 Å². The molecule has 4 rings (SSSR count). The van der Waals surface area contributed by atoms with Crippen molar-refractivity contribution in [2.75, 3.05) is 18.8 Å². The highest BCUT2D eigenvalue weighted by molar-refractivity contribution is 8.00. The van der Waals surface area contributed by atoms with Gasteiger partial charge in [0.15, 0.2) is 0 Å². The highest BCUT2D eigenvalue weighted by atomic mass is 32.2. The Labute approximate surface area is 154 Å². The van der Waals surface area contributed by atoms with Crippen molar-refractivity contribution in [3.05, 3.63) is 36.2 Å². The van der Waals surface area contributed by atoms with Crippen molar-refractivity contribution >= 4 is 39.4 Å². The summed E-state index contributed by atoms with van der Waals surface area (Å²) in [5.41, 5.74) is 4.02. The number of benzene rings is 1. The van der Waals surface area contributed by atoms with Gasteiger partial charge in [-0.05, 0) is 31.3 Å². The second kappa shape index (κ2) is 7.09. The van der Waals surface area contributed by atoms with Crippen LogP contribution in [-0.2, 0) is 4.79 Å². The molecular formula is C18H18N4OS2. The van der Waals surface area contributed by atoms with Crippen molar-refractivity contribution < 1.29 is 4.79 Å². The third kappa shape index (κ3) is 3.39. The number of fused-ring (bicyclic) bond motifs is 1. The molecule has 2 aromatic heterocycles. The summed E-state index contributed by atoms with van der Waals surface area (Å²) in [7, 11) is 0. The van der Waals surface area contributed by atoms with Gasteiger partial charge >= 0.3 is 0 Å². The molecule has 0 spiro atoms. The smallest absolute Gasteiger partial charge is 0.232 e. The number of carbonyl (C=O) groups excluding carboxylic acids is 1. The Morgan fingerprint density at radius 2 is 1.96 bits per heavy atom. The second-order valence-electron chi connectivity index (χ2n) is 6.13. The van der Waals surface area contributed by atoms with Gasteiger partial charge in [-0.1, -0.05) is 41.6 Å². The van der Waals surface area contributed by atoms with Crippen LogP contribution in [0.4, 0.5) is 0 Å². The molecule has 0 atom stereocenters. The SMILES string of the molecule is Cc1ccc(-c2nsc3c(SCC(=O)N4CCCC4)ncnc23)cc1. The molecule has 7 heteroatoms. The molecule has 1 saturated heterocycles. The van der Waals surface area contributed by atoms with Gasteiger partial charge in [-0.2, -0.15) is 4.37 Å². The minimum Gasteiger partial charge on any atom is -0.342 e. The van der Waals surface area contributed by atoms with Gasteiger partial charge in [0.2, 0.25) is 5.91 Å². The summed E-state index contributed by atoms with van der Waals surface area (Å²) >= 11 is 2.89. The maximum Gasteiger partial charge on any atom is 0.232 e. The summed E-state index contributed by atoms with van der Waals surface area (Å²) in [6, 6.07) is 8.28. The Hall–Kier alpha value is -1.99. The number of aromatic nitrogens is 3. The van der Waals surface area contributed by atoms with Crippen molar-refractivity contribution in [3.63, 3.8) is 0 Å². The van der Waals surface area contributed by atoms with Gasteiger partial charge in [0, 0.05) is 18.7 Å². The van der Waals surface area contributed by atoms with E-state index < -0.39 is 0 Å². The Bertz CT molecular complexity index is 901. The van der Waals surface area contributed by atoms with E-state index in [1.54, 1.807) is 6.33 Å². The van der Waals surface area contributed by atoms with Gasteiger partial charge in [0.1, 0.15) is 27.3 Å². The van der Waals surface area contributed by atoms with E-state index in [9.17, 15) is 4.79 Å². The molecule has 0 N–H and O–H groups in total. The number of nitrogens with zero attached hydrogens (tertiary/aromatic N) is 4. The first-order valence-electron chi connectivity index (χ1n) is 8.30. The van der Waals surface area contributed by atoms with E-state index in [1.165, 1.54) is 28.9 Å². The maximum absolute atomic E-state index is 12.3.